The predicted molar refractivity (Wildman–Crippen MR) is 87.2 cm³/mol. The van der Waals surface area contributed by atoms with Crippen LogP contribution in [0.25, 0.3) is 10.9 Å². The monoisotopic (exact) mass is 288 g/mol. The van der Waals surface area contributed by atoms with Crippen LogP contribution in [0.4, 0.5) is 0 Å². The van der Waals surface area contributed by atoms with Crippen molar-refractivity contribution in [2.24, 2.45) is 11.1 Å². The summed E-state index contributed by atoms with van der Waals surface area (Å²) in [4.78, 5) is 4.84. The van der Waals surface area contributed by atoms with Crippen molar-refractivity contribution >= 4 is 28.1 Å². The Morgan fingerprint density at radius 3 is 2.65 bits per heavy atom. The molecule has 0 fully saturated rings. The molecule has 2 N–H and O–H groups in total. The van der Waals surface area contributed by atoms with Crippen LogP contribution in [0.2, 0.25) is 0 Å². The van der Waals surface area contributed by atoms with Gasteiger partial charge in [-0.2, -0.15) is 0 Å². The molecular weight excluding hydrogens is 268 g/mol. The molecule has 1 heterocycles. The van der Waals surface area contributed by atoms with Crippen molar-refractivity contribution in [3.63, 3.8) is 0 Å². The van der Waals surface area contributed by atoms with Gasteiger partial charge in [-0.3, -0.25) is 0 Å². The molecule has 4 heteroatoms. The lowest BCUT2D eigenvalue weighted by molar-refractivity contribution is 0.236. The van der Waals surface area contributed by atoms with Gasteiger partial charge in [-0.1, -0.05) is 51.2 Å². The Hall–Kier alpha value is -1.68. The van der Waals surface area contributed by atoms with Crippen LogP contribution in [-0.4, -0.2) is 16.6 Å². The first-order valence-corrected chi connectivity index (χ1v) is 7.10. The molecule has 0 aliphatic carbocycles. The fraction of sp³-hybridized carbons (Fsp3) is 0.375. The van der Waals surface area contributed by atoms with Crippen molar-refractivity contribution in [2.75, 3.05) is 6.61 Å². The van der Waals surface area contributed by atoms with Crippen molar-refractivity contribution in [3.8, 4) is 5.88 Å². The molecule has 0 bridgehead atoms. The van der Waals surface area contributed by atoms with E-state index in [4.69, 9.17) is 22.7 Å². The maximum atomic E-state index is 5.80. The summed E-state index contributed by atoms with van der Waals surface area (Å²) >= 11 is 5.09. The molecule has 0 aliphatic heterocycles. The summed E-state index contributed by atoms with van der Waals surface area (Å²) < 4.78 is 5.80. The van der Waals surface area contributed by atoms with Gasteiger partial charge in [0.05, 0.1) is 17.7 Å². The molecule has 0 saturated carbocycles. The topological polar surface area (TPSA) is 48.1 Å². The molecule has 2 rings (SSSR count). The number of hydrogen-bond donors (Lipinski definition) is 1. The first-order chi connectivity index (χ1) is 9.37. The average Bonchev–Trinajstić information content (AvgIpc) is 2.36. The van der Waals surface area contributed by atoms with Gasteiger partial charge in [-0.05, 0) is 24.0 Å². The van der Waals surface area contributed by atoms with Gasteiger partial charge in [0.2, 0.25) is 5.88 Å². The van der Waals surface area contributed by atoms with E-state index in [1.165, 1.54) is 0 Å². The van der Waals surface area contributed by atoms with E-state index in [-0.39, 0.29) is 5.41 Å². The highest BCUT2D eigenvalue weighted by Gasteiger charge is 2.13. The minimum absolute atomic E-state index is 0.222. The SMILES string of the molecule is CC(C)(C)CCOc1nc2ccccc2cc1C(N)=S. The minimum Gasteiger partial charge on any atom is -0.477 e. The number of hydrogen-bond acceptors (Lipinski definition) is 3. The van der Waals surface area contributed by atoms with Crippen LogP contribution < -0.4 is 10.5 Å². The van der Waals surface area contributed by atoms with Crippen molar-refractivity contribution in [1.29, 1.82) is 0 Å². The summed E-state index contributed by atoms with van der Waals surface area (Å²) in [6.45, 7) is 7.14. The second-order valence-electron chi connectivity index (χ2n) is 6.06. The van der Waals surface area contributed by atoms with E-state index in [0.717, 1.165) is 17.3 Å². The number of ether oxygens (including phenoxy) is 1. The van der Waals surface area contributed by atoms with E-state index >= 15 is 0 Å². The number of rotatable bonds is 4. The van der Waals surface area contributed by atoms with Gasteiger partial charge in [-0.25, -0.2) is 4.98 Å². The van der Waals surface area contributed by atoms with Crippen molar-refractivity contribution in [1.82, 2.24) is 4.98 Å². The van der Waals surface area contributed by atoms with Crippen LogP contribution in [0.1, 0.15) is 32.8 Å². The number of thiocarbonyl (C=S) groups is 1. The van der Waals surface area contributed by atoms with Gasteiger partial charge in [0.1, 0.15) is 4.99 Å². The van der Waals surface area contributed by atoms with E-state index < -0.39 is 0 Å². The van der Waals surface area contributed by atoms with Crippen LogP contribution >= 0.6 is 12.2 Å². The van der Waals surface area contributed by atoms with E-state index in [2.05, 4.69) is 25.8 Å². The molecule has 0 saturated heterocycles. The fourth-order valence-electron chi connectivity index (χ4n) is 1.84. The Bertz CT molecular complexity index is 632. The van der Waals surface area contributed by atoms with E-state index in [0.29, 0.717) is 23.0 Å². The predicted octanol–water partition coefficient (Wildman–Crippen LogP) is 3.68. The quantitative estimate of drug-likeness (QED) is 0.872. The molecule has 0 atom stereocenters. The Labute approximate surface area is 125 Å². The van der Waals surface area contributed by atoms with Crippen LogP contribution in [0, 0.1) is 5.41 Å². The summed E-state index contributed by atoms with van der Waals surface area (Å²) in [5.41, 5.74) is 7.59. The van der Waals surface area contributed by atoms with Gasteiger partial charge in [0, 0.05) is 5.39 Å². The van der Waals surface area contributed by atoms with Crippen LogP contribution in [-0.2, 0) is 0 Å². The maximum absolute atomic E-state index is 5.80. The Kier molecular flexibility index (Phi) is 4.23. The summed E-state index contributed by atoms with van der Waals surface area (Å²) in [7, 11) is 0. The minimum atomic E-state index is 0.222. The summed E-state index contributed by atoms with van der Waals surface area (Å²) in [6, 6.07) is 9.80. The van der Waals surface area contributed by atoms with E-state index in [1.54, 1.807) is 0 Å². The highest BCUT2D eigenvalue weighted by atomic mass is 32.1. The van der Waals surface area contributed by atoms with E-state index in [9.17, 15) is 0 Å². The van der Waals surface area contributed by atoms with Crippen LogP contribution in [0.15, 0.2) is 30.3 Å². The average molecular weight is 288 g/mol. The molecule has 2 aromatic rings. The fourth-order valence-corrected chi connectivity index (χ4v) is 1.98. The van der Waals surface area contributed by atoms with Gasteiger partial charge in [0.25, 0.3) is 0 Å². The zero-order chi connectivity index (χ0) is 14.8. The molecule has 0 spiro atoms. The number of nitrogens with zero attached hydrogens (tertiary/aromatic N) is 1. The summed E-state index contributed by atoms with van der Waals surface area (Å²) in [6.07, 6.45) is 0.943. The van der Waals surface area contributed by atoms with Crippen molar-refractivity contribution in [3.05, 3.63) is 35.9 Å². The normalized spacial score (nSPS) is 11.6. The lowest BCUT2D eigenvalue weighted by Gasteiger charge is -2.18. The Morgan fingerprint density at radius 1 is 1.30 bits per heavy atom. The molecule has 1 aromatic carbocycles. The number of aromatic nitrogens is 1. The van der Waals surface area contributed by atoms with Gasteiger partial charge in [-0.15, -0.1) is 0 Å². The molecule has 3 nitrogen and oxygen atoms in total. The highest BCUT2D eigenvalue weighted by molar-refractivity contribution is 7.80. The third-order valence-corrected chi connectivity index (χ3v) is 3.27. The summed E-state index contributed by atoms with van der Waals surface area (Å²) in [5, 5.41) is 1.01. The molecule has 0 unspecified atom stereocenters. The molecule has 20 heavy (non-hydrogen) atoms. The third kappa shape index (κ3) is 3.67. The van der Waals surface area contributed by atoms with E-state index in [1.807, 2.05) is 30.3 Å². The van der Waals surface area contributed by atoms with Crippen molar-refractivity contribution < 1.29 is 4.74 Å². The second kappa shape index (κ2) is 5.75. The lowest BCUT2D eigenvalue weighted by Crippen LogP contribution is -2.16. The largest absolute Gasteiger partial charge is 0.477 e. The molecular formula is C16H20N2OS. The van der Waals surface area contributed by atoms with Gasteiger partial charge in [0.15, 0.2) is 0 Å². The maximum Gasteiger partial charge on any atom is 0.224 e. The zero-order valence-electron chi connectivity index (χ0n) is 12.1. The van der Waals surface area contributed by atoms with Gasteiger partial charge >= 0.3 is 0 Å². The highest BCUT2D eigenvalue weighted by Crippen LogP contribution is 2.24. The first-order valence-electron chi connectivity index (χ1n) is 6.69. The molecule has 0 aliphatic rings. The van der Waals surface area contributed by atoms with Crippen molar-refractivity contribution in [2.45, 2.75) is 27.2 Å². The number of para-hydroxylation sites is 1. The summed E-state index contributed by atoms with van der Waals surface area (Å²) in [5.74, 6) is 0.528. The first kappa shape index (κ1) is 14.7. The number of nitrogens with two attached hydrogens (primary N) is 1. The van der Waals surface area contributed by atoms with Crippen LogP contribution in [0.5, 0.6) is 5.88 Å². The second-order valence-corrected chi connectivity index (χ2v) is 6.50. The zero-order valence-corrected chi connectivity index (χ0v) is 13.0. The Morgan fingerprint density at radius 2 is 2.00 bits per heavy atom. The van der Waals surface area contributed by atoms with Gasteiger partial charge < -0.3 is 10.5 Å². The Balaban J connectivity index is 2.30. The molecule has 0 amide bonds. The lowest BCUT2D eigenvalue weighted by atomic mass is 9.93. The molecule has 0 radical (unpaired) electrons. The number of pyridine rings is 1. The third-order valence-electron chi connectivity index (χ3n) is 3.05. The smallest absolute Gasteiger partial charge is 0.224 e. The number of fused-ring (bicyclic) bond motifs is 1. The number of benzene rings is 1. The molecule has 1 aromatic heterocycles. The van der Waals surface area contributed by atoms with Crippen LogP contribution in [0.3, 0.4) is 0 Å². The standard InChI is InChI=1S/C16H20N2OS/c1-16(2,3)8-9-19-15-12(14(17)20)10-11-6-4-5-7-13(11)18-15/h4-7,10H,8-9H2,1-3H3,(H2,17,20). The molecule has 106 valence electrons.